The molecule has 0 amide bonds. The van der Waals surface area contributed by atoms with Crippen molar-refractivity contribution in [2.45, 2.75) is 51.2 Å². The second-order valence-electron chi connectivity index (χ2n) is 7.53. The van der Waals surface area contributed by atoms with E-state index in [4.69, 9.17) is 9.47 Å². The number of benzene rings is 1. The van der Waals surface area contributed by atoms with Crippen LogP contribution in [0.3, 0.4) is 0 Å². The van der Waals surface area contributed by atoms with Gasteiger partial charge in [-0.25, -0.2) is 4.98 Å². The molecule has 2 bridgehead atoms. The highest BCUT2D eigenvalue weighted by molar-refractivity contribution is 5.28. The van der Waals surface area contributed by atoms with E-state index in [0.29, 0.717) is 31.1 Å². The van der Waals surface area contributed by atoms with Gasteiger partial charge in [0, 0.05) is 37.7 Å². The van der Waals surface area contributed by atoms with Crippen LogP contribution in [0.4, 0.5) is 0 Å². The zero-order chi connectivity index (χ0) is 18.8. The molecule has 3 heterocycles. The third-order valence-electron chi connectivity index (χ3n) is 5.70. The number of aromatic amines is 1. The van der Waals surface area contributed by atoms with Crippen LogP contribution in [-0.2, 0) is 24.1 Å². The van der Waals surface area contributed by atoms with E-state index >= 15 is 0 Å². The molecule has 1 aromatic heterocycles. The molecule has 2 aromatic rings. The predicted molar refractivity (Wildman–Crippen MR) is 103 cm³/mol. The number of aryl methyl sites for hydroxylation is 1. The minimum absolute atomic E-state index is 0.0440. The number of rotatable bonds is 6. The number of H-pyrrole nitrogens is 1. The summed E-state index contributed by atoms with van der Waals surface area (Å²) < 4.78 is 10.7. The fourth-order valence-corrected chi connectivity index (χ4v) is 4.36. The van der Waals surface area contributed by atoms with Gasteiger partial charge in [-0.3, -0.25) is 9.69 Å². The van der Waals surface area contributed by atoms with Crippen molar-refractivity contribution in [3.8, 4) is 5.75 Å². The van der Waals surface area contributed by atoms with E-state index < -0.39 is 0 Å². The molecular weight excluding hydrogens is 342 g/mol. The molecular formula is C21H27N3O3. The quantitative estimate of drug-likeness (QED) is 0.791. The summed E-state index contributed by atoms with van der Waals surface area (Å²) >= 11 is 0. The Bertz CT molecular complexity index is 847. The lowest BCUT2D eigenvalue weighted by atomic mass is 9.98. The Morgan fingerprint density at radius 1 is 1.15 bits per heavy atom. The smallest absolute Gasteiger partial charge is 0.254 e. The van der Waals surface area contributed by atoms with E-state index in [1.54, 1.807) is 7.11 Å². The monoisotopic (exact) mass is 369 g/mol. The number of ether oxygens (including phenoxy) is 2. The highest BCUT2D eigenvalue weighted by atomic mass is 16.5. The van der Waals surface area contributed by atoms with Gasteiger partial charge in [-0.05, 0) is 43.9 Å². The van der Waals surface area contributed by atoms with Crippen molar-refractivity contribution in [3.05, 3.63) is 57.3 Å². The lowest BCUT2D eigenvalue weighted by molar-refractivity contribution is 0.146. The first kappa shape index (κ1) is 18.2. The summed E-state index contributed by atoms with van der Waals surface area (Å²) in [5.41, 5.74) is 3.20. The van der Waals surface area contributed by atoms with Gasteiger partial charge >= 0.3 is 0 Å². The van der Waals surface area contributed by atoms with Gasteiger partial charge in [0.05, 0.1) is 12.3 Å². The summed E-state index contributed by atoms with van der Waals surface area (Å²) in [4.78, 5) is 22.5. The van der Waals surface area contributed by atoms with Gasteiger partial charge < -0.3 is 14.5 Å². The largest absolute Gasteiger partial charge is 0.491 e. The highest BCUT2D eigenvalue weighted by Crippen LogP contribution is 2.33. The topological polar surface area (TPSA) is 67.5 Å². The Hall–Kier alpha value is -2.18. The van der Waals surface area contributed by atoms with Gasteiger partial charge in [-0.15, -0.1) is 0 Å². The van der Waals surface area contributed by atoms with E-state index in [2.05, 4.69) is 27.0 Å². The van der Waals surface area contributed by atoms with Crippen molar-refractivity contribution in [1.82, 2.24) is 14.9 Å². The Balaban J connectivity index is 1.47. The van der Waals surface area contributed by atoms with Crippen molar-refractivity contribution in [2.24, 2.45) is 0 Å². The molecule has 0 spiro atoms. The van der Waals surface area contributed by atoms with Crippen molar-refractivity contribution < 1.29 is 9.47 Å². The number of fused-ring (bicyclic) bond motifs is 3. The lowest BCUT2D eigenvalue weighted by Gasteiger charge is -2.28. The SMILES string of the molecule is COCCOc1ccc(CN2[C@@H]3CC[C@H]2Cc2c(nc(C)[nH]c2=O)C3)cc1. The fraction of sp³-hybridized carbons (Fsp3) is 0.524. The number of methoxy groups -OCH3 is 1. The summed E-state index contributed by atoms with van der Waals surface area (Å²) in [5.74, 6) is 1.58. The van der Waals surface area contributed by atoms with Crippen molar-refractivity contribution in [1.29, 1.82) is 0 Å². The standard InChI is InChI=1S/C21H27N3O3/c1-14-22-20-12-17-6-5-16(11-19(20)21(25)23-14)24(17)13-15-3-7-18(8-4-15)27-10-9-26-2/h3-4,7-8,16-17H,5-6,9-13H2,1-2H3,(H,22,23,25)/t16-,17+/m0/s1. The first-order valence-electron chi connectivity index (χ1n) is 9.69. The van der Waals surface area contributed by atoms with Gasteiger partial charge in [-0.1, -0.05) is 12.1 Å². The van der Waals surface area contributed by atoms with Crippen LogP contribution in [-0.4, -0.2) is 47.3 Å². The van der Waals surface area contributed by atoms with Crippen molar-refractivity contribution in [2.75, 3.05) is 20.3 Å². The molecule has 6 nitrogen and oxygen atoms in total. The van der Waals surface area contributed by atoms with Gasteiger partial charge in [-0.2, -0.15) is 0 Å². The summed E-state index contributed by atoms with van der Waals surface area (Å²) in [5, 5.41) is 0. The van der Waals surface area contributed by atoms with Crippen LogP contribution in [0.5, 0.6) is 5.75 Å². The summed E-state index contributed by atoms with van der Waals surface area (Å²) in [7, 11) is 1.67. The maximum Gasteiger partial charge on any atom is 0.254 e. The predicted octanol–water partition coefficient (Wildman–Crippen LogP) is 2.24. The molecule has 27 heavy (non-hydrogen) atoms. The van der Waals surface area contributed by atoms with Crippen LogP contribution < -0.4 is 10.3 Å². The van der Waals surface area contributed by atoms with Gasteiger partial charge in [0.15, 0.2) is 0 Å². The van der Waals surface area contributed by atoms with Crippen molar-refractivity contribution in [3.63, 3.8) is 0 Å². The van der Waals surface area contributed by atoms with E-state index in [1.807, 2.05) is 19.1 Å². The van der Waals surface area contributed by atoms with Crippen LogP contribution in [0, 0.1) is 6.92 Å². The van der Waals surface area contributed by atoms with E-state index in [0.717, 1.165) is 42.8 Å². The van der Waals surface area contributed by atoms with Gasteiger partial charge in [0.2, 0.25) is 0 Å². The van der Waals surface area contributed by atoms with Gasteiger partial charge in [0.1, 0.15) is 18.2 Å². The van der Waals surface area contributed by atoms with E-state index in [9.17, 15) is 4.79 Å². The van der Waals surface area contributed by atoms with Gasteiger partial charge in [0.25, 0.3) is 5.56 Å². The molecule has 2 aliphatic rings. The second-order valence-corrected chi connectivity index (χ2v) is 7.53. The number of nitrogens with zero attached hydrogens (tertiary/aromatic N) is 2. The molecule has 6 heteroatoms. The first-order valence-corrected chi connectivity index (χ1v) is 9.69. The zero-order valence-corrected chi connectivity index (χ0v) is 16.0. The molecule has 1 saturated heterocycles. The lowest BCUT2D eigenvalue weighted by Crippen LogP contribution is -2.36. The maximum absolute atomic E-state index is 12.4. The third-order valence-corrected chi connectivity index (χ3v) is 5.70. The molecule has 4 rings (SSSR count). The van der Waals surface area contributed by atoms with Crippen LogP contribution in [0.1, 0.15) is 35.5 Å². The molecule has 2 aliphatic heterocycles. The molecule has 1 fully saturated rings. The van der Waals surface area contributed by atoms with E-state index in [-0.39, 0.29) is 5.56 Å². The summed E-state index contributed by atoms with van der Waals surface area (Å²) in [6, 6.07) is 9.19. The van der Waals surface area contributed by atoms with E-state index in [1.165, 1.54) is 12.0 Å². The molecule has 2 atom stereocenters. The molecule has 0 radical (unpaired) electrons. The summed E-state index contributed by atoms with van der Waals surface area (Å²) in [6.45, 7) is 3.91. The molecule has 1 N–H and O–H groups in total. The number of aromatic nitrogens is 2. The second kappa shape index (κ2) is 7.82. The van der Waals surface area contributed by atoms with Crippen LogP contribution >= 0.6 is 0 Å². The minimum atomic E-state index is 0.0440. The summed E-state index contributed by atoms with van der Waals surface area (Å²) in [6.07, 6.45) is 3.99. The number of hydrogen-bond donors (Lipinski definition) is 1. The Morgan fingerprint density at radius 2 is 1.89 bits per heavy atom. The highest BCUT2D eigenvalue weighted by Gasteiger charge is 2.38. The molecule has 0 saturated carbocycles. The fourth-order valence-electron chi connectivity index (χ4n) is 4.36. The minimum Gasteiger partial charge on any atom is -0.491 e. The first-order chi connectivity index (χ1) is 13.1. The van der Waals surface area contributed by atoms with Crippen LogP contribution in [0.2, 0.25) is 0 Å². The van der Waals surface area contributed by atoms with Crippen molar-refractivity contribution >= 4 is 0 Å². The average molecular weight is 369 g/mol. The number of nitrogens with one attached hydrogen (secondary N) is 1. The normalized spacial score (nSPS) is 21.7. The molecule has 1 aromatic carbocycles. The molecule has 0 unspecified atom stereocenters. The Kier molecular flexibility index (Phi) is 5.27. The Morgan fingerprint density at radius 3 is 2.63 bits per heavy atom. The average Bonchev–Trinajstić information content (AvgIpc) is 2.92. The van der Waals surface area contributed by atoms with Crippen LogP contribution in [0.25, 0.3) is 0 Å². The third kappa shape index (κ3) is 3.92. The zero-order valence-electron chi connectivity index (χ0n) is 16.0. The maximum atomic E-state index is 12.4. The molecule has 144 valence electrons. The molecule has 0 aliphatic carbocycles. The number of hydrogen-bond acceptors (Lipinski definition) is 5. The Labute approximate surface area is 159 Å². The van der Waals surface area contributed by atoms with Crippen LogP contribution in [0.15, 0.2) is 29.1 Å².